The summed E-state index contributed by atoms with van der Waals surface area (Å²) in [4.78, 5) is 33.1. The van der Waals surface area contributed by atoms with Gasteiger partial charge in [-0.15, -0.1) is 0 Å². The molecule has 0 N–H and O–H groups in total. The van der Waals surface area contributed by atoms with Crippen LogP contribution in [0.3, 0.4) is 0 Å². The van der Waals surface area contributed by atoms with Gasteiger partial charge >= 0.3 is 0 Å². The smallest absolute Gasteiger partial charge is 0.154 e. The lowest BCUT2D eigenvalue weighted by atomic mass is 9.97. The molecule has 0 amide bonds. The standard InChI is InChI=1S/C8H8O3/c1-3(9)6-7(10)4-2-5(4)8(6)11/h4-6H,2H2,1H3. The number of ketones is 3. The monoisotopic (exact) mass is 152 g/mol. The van der Waals surface area contributed by atoms with Crippen molar-refractivity contribution in [3.05, 3.63) is 0 Å². The van der Waals surface area contributed by atoms with E-state index in [2.05, 4.69) is 0 Å². The van der Waals surface area contributed by atoms with Gasteiger partial charge in [-0.2, -0.15) is 0 Å². The third-order valence-electron chi connectivity index (χ3n) is 2.50. The first-order chi connectivity index (χ1) is 5.13. The number of fused-ring (bicyclic) bond motifs is 1. The SMILES string of the molecule is CC(=O)C1C(=O)C2CC2C1=O. The lowest BCUT2D eigenvalue weighted by Gasteiger charge is -2.02. The van der Waals surface area contributed by atoms with Gasteiger partial charge in [-0.25, -0.2) is 0 Å². The van der Waals surface area contributed by atoms with Crippen LogP contribution in [0.1, 0.15) is 13.3 Å². The van der Waals surface area contributed by atoms with Crippen LogP contribution < -0.4 is 0 Å². The Labute approximate surface area is 63.8 Å². The van der Waals surface area contributed by atoms with Crippen LogP contribution >= 0.6 is 0 Å². The molecule has 2 aliphatic rings. The molecule has 0 aromatic rings. The largest absolute Gasteiger partial charge is 0.299 e. The number of hydrogen-bond acceptors (Lipinski definition) is 3. The minimum absolute atomic E-state index is 0.0867. The molecule has 0 aromatic heterocycles. The summed E-state index contributed by atoms with van der Waals surface area (Å²) in [7, 11) is 0. The molecular weight excluding hydrogens is 144 g/mol. The number of rotatable bonds is 1. The van der Waals surface area contributed by atoms with Crippen molar-refractivity contribution < 1.29 is 14.4 Å². The fourth-order valence-electron chi connectivity index (χ4n) is 1.79. The Hall–Kier alpha value is -0.990. The third kappa shape index (κ3) is 0.708. The fourth-order valence-corrected chi connectivity index (χ4v) is 1.79. The number of hydrogen-bond donors (Lipinski definition) is 0. The van der Waals surface area contributed by atoms with E-state index in [0.29, 0.717) is 6.42 Å². The zero-order valence-electron chi connectivity index (χ0n) is 6.16. The minimum atomic E-state index is -0.890. The zero-order valence-corrected chi connectivity index (χ0v) is 6.16. The van der Waals surface area contributed by atoms with Crippen molar-refractivity contribution >= 4 is 17.3 Å². The first kappa shape index (κ1) is 6.70. The number of carbonyl (C=O) groups excluding carboxylic acids is 3. The summed E-state index contributed by atoms with van der Waals surface area (Å²) in [5, 5.41) is 0. The average Bonchev–Trinajstić information content (AvgIpc) is 2.59. The van der Waals surface area contributed by atoms with Crippen LogP contribution in [-0.2, 0) is 14.4 Å². The first-order valence-corrected chi connectivity index (χ1v) is 3.71. The highest BCUT2D eigenvalue weighted by molar-refractivity contribution is 6.26. The van der Waals surface area contributed by atoms with Crippen LogP contribution in [0.4, 0.5) is 0 Å². The van der Waals surface area contributed by atoms with Crippen molar-refractivity contribution in [1.82, 2.24) is 0 Å². The van der Waals surface area contributed by atoms with Crippen LogP contribution in [0.2, 0.25) is 0 Å². The highest BCUT2D eigenvalue weighted by Crippen LogP contribution is 2.49. The van der Waals surface area contributed by atoms with Crippen LogP contribution in [0.5, 0.6) is 0 Å². The summed E-state index contributed by atoms with van der Waals surface area (Å²) in [6.45, 7) is 1.31. The second kappa shape index (κ2) is 1.78. The Bertz CT molecular complexity index is 247. The number of carbonyl (C=O) groups is 3. The van der Waals surface area contributed by atoms with E-state index in [1.807, 2.05) is 0 Å². The lowest BCUT2D eigenvalue weighted by molar-refractivity contribution is -0.136. The molecule has 2 fully saturated rings. The topological polar surface area (TPSA) is 51.2 Å². The van der Waals surface area contributed by atoms with Gasteiger partial charge in [0.1, 0.15) is 11.7 Å². The van der Waals surface area contributed by atoms with Crippen LogP contribution in [-0.4, -0.2) is 17.3 Å². The maximum Gasteiger partial charge on any atom is 0.154 e. The molecule has 58 valence electrons. The van der Waals surface area contributed by atoms with Gasteiger partial charge < -0.3 is 0 Å². The van der Waals surface area contributed by atoms with Crippen molar-refractivity contribution in [3.63, 3.8) is 0 Å². The Morgan fingerprint density at radius 2 is 1.73 bits per heavy atom. The highest BCUT2D eigenvalue weighted by Gasteiger charge is 2.60. The van der Waals surface area contributed by atoms with Crippen LogP contribution in [0.15, 0.2) is 0 Å². The Kier molecular flexibility index (Phi) is 1.09. The molecule has 0 aliphatic heterocycles. The molecule has 0 heterocycles. The molecule has 0 aromatic carbocycles. The Balaban J connectivity index is 2.30. The van der Waals surface area contributed by atoms with E-state index in [9.17, 15) is 14.4 Å². The third-order valence-corrected chi connectivity index (χ3v) is 2.50. The van der Waals surface area contributed by atoms with Gasteiger partial charge in [0.15, 0.2) is 11.6 Å². The highest BCUT2D eigenvalue weighted by atomic mass is 16.2. The molecule has 2 rings (SSSR count). The molecule has 0 bridgehead atoms. The van der Waals surface area contributed by atoms with Gasteiger partial charge in [-0.1, -0.05) is 0 Å². The van der Waals surface area contributed by atoms with Gasteiger partial charge in [-0.3, -0.25) is 14.4 Å². The zero-order chi connectivity index (χ0) is 8.17. The predicted molar refractivity (Wildman–Crippen MR) is 35.8 cm³/mol. The van der Waals surface area contributed by atoms with Gasteiger partial charge in [0.25, 0.3) is 0 Å². The Morgan fingerprint density at radius 3 is 2.00 bits per heavy atom. The van der Waals surface area contributed by atoms with Crippen molar-refractivity contribution in [2.45, 2.75) is 13.3 Å². The van der Waals surface area contributed by atoms with E-state index in [-0.39, 0.29) is 29.2 Å². The summed E-state index contributed by atoms with van der Waals surface area (Å²) in [5.41, 5.74) is 0. The second-order valence-electron chi connectivity index (χ2n) is 3.30. The van der Waals surface area contributed by atoms with E-state index in [1.54, 1.807) is 0 Å². The summed E-state index contributed by atoms with van der Waals surface area (Å²) < 4.78 is 0. The molecule has 0 radical (unpaired) electrons. The second-order valence-corrected chi connectivity index (χ2v) is 3.30. The predicted octanol–water partition coefficient (Wildman–Crippen LogP) is -0.0205. The number of Topliss-reactive ketones (excluding diaryl/α,β-unsaturated/α-hetero) is 3. The summed E-state index contributed by atoms with van der Waals surface area (Å²) in [6.07, 6.45) is 0.696. The lowest BCUT2D eigenvalue weighted by Crippen LogP contribution is -2.26. The Morgan fingerprint density at radius 1 is 1.27 bits per heavy atom. The molecule has 2 atom stereocenters. The van der Waals surface area contributed by atoms with Crippen molar-refractivity contribution in [2.75, 3.05) is 0 Å². The van der Waals surface area contributed by atoms with E-state index in [1.165, 1.54) is 6.92 Å². The first-order valence-electron chi connectivity index (χ1n) is 3.71. The van der Waals surface area contributed by atoms with Gasteiger partial charge in [0.05, 0.1) is 0 Å². The van der Waals surface area contributed by atoms with Crippen molar-refractivity contribution in [1.29, 1.82) is 0 Å². The van der Waals surface area contributed by atoms with Gasteiger partial charge in [0, 0.05) is 11.8 Å². The van der Waals surface area contributed by atoms with E-state index >= 15 is 0 Å². The molecule has 2 unspecified atom stereocenters. The summed E-state index contributed by atoms with van der Waals surface area (Å²) >= 11 is 0. The van der Waals surface area contributed by atoms with E-state index in [0.717, 1.165) is 0 Å². The molecule has 3 heteroatoms. The maximum atomic E-state index is 11.2. The minimum Gasteiger partial charge on any atom is -0.299 e. The summed E-state index contributed by atoms with van der Waals surface area (Å²) in [6, 6.07) is 0. The van der Waals surface area contributed by atoms with E-state index in [4.69, 9.17) is 0 Å². The molecule has 3 nitrogen and oxygen atoms in total. The molecule has 2 aliphatic carbocycles. The molecule has 11 heavy (non-hydrogen) atoms. The average molecular weight is 152 g/mol. The molecule has 0 spiro atoms. The van der Waals surface area contributed by atoms with Crippen LogP contribution in [0, 0.1) is 17.8 Å². The van der Waals surface area contributed by atoms with Crippen LogP contribution in [0.25, 0.3) is 0 Å². The molecule has 2 saturated carbocycles. The normalized spacial score (nSPS) is 40.6. The molecular formula is C8H8O3. The molecule has 0 saturated heterocycles. The fraction of sp³-hybridized carbons (Fsp3) is 0.625. The van der Waals surface area contributed by atoms with E-state index < -0.39 is 5.92 Å². The maximum absolute atomic E-state index is 11.2. The summed E-state index contributed by atoms with van der Waals surface area (Å²) in [5.74, 6) is -1.61. The quantitative estimate of drug-likeness (QED) is 0.496. The van der Waals surface area contributed by atoms with Crippen molar-refractivity contribution in [2.24, 2.45) is 17.8 Å². The van der Waals surface area contributed by atoms with Gasteiger partial charge in [-0.05, 0) is 13.3 Å². The van der Waals surface area contributed by atoms with Gasteiger partial charge in [0.2, 0.25) is 0 Å². The van der Waals surface area contributed by atoms with Crippen molar-refractivity contribution in [3.8, 4) is 0 Å².